The smallest absolute Gasteiger partial charge is 0.341 e. The van der Waals surface area contributed by atoms with Crippen LogP contribution in [0.4, 0.5) is 14.5 Å². The average molecular weight is 375 g/mol. The fourth-order valence-electron chi connectivity index (χ4n) is 4.66. The van der Waals surface area contributed by atoms with Crippen molar-refractivity contribution in [3.8, 4) is 0 Å². The molecule has 2 aliphatic carbocycles. The normalized spacial score (nSPS) is 26.9. The average Bonchev–Trinajstić information content (AvgIpc) is 3.39. The van der Waals surface area contributed by atoms with Crippen LogP contribution in [0.25, 0.3) is 10.9 Å². The standard InChI is InChI=1S/C19H19F2N3O3/c20-13-4-10-16(24(9-1-2-9)7-12(18(10)25)19(26)27)15(21)17(13)23-5-8-3-14(22)11(8)6-23/h4,7-9,11,14H,1-3,5-6,22H2,(H,26,27)/t8-,11+,14-/m1/s1. The first-order chi connectivity index (χ1) is 12.9. The van der Waals surface area contributed by atoms with Crippen molar-refractivity contribution in [3.63, 3.8) is 0 Å². The quantitative estimate of drug-likeness (QED) is 0.858. The second kappa shape index (κ2) is 5.51. The Bertz CT molecular complexity index is 1050. The lowest BCUT2D eigenvalue weighted by Crippen LogP contribution is -2.46. The van der Waals surface area contributed by atoms with Gasteiger partial charge in [-0.15, -0.1) is 0 Å². The molecule has 0 unspecified atom stereocenters. The van der Waals surface area contributed by atoms with E-state index < -0.39 is 28.6 Å². The Hall–Kier alpha value is -2.48. The summed E-state index contributed by atoms with van der Waals surface area (Å²) < 4.78 is 31.8. The van der Waals surface area contributed by atoms with Gasteiger partial charge in [0, 0.05) is 31.4 Å². The fourth-order valence-corrected chi connectivity index (χ4v) is 4.66. The molecule has 27 heavy (non-hydrogen) atoms. The molecule has 0 spiro atoms. The van der Waals surface area contributed by atoms with Crippen LogP contribution in [-0.4, -0.2) is 34.8 Å². The number of aromatic carboxylic acids is 1. The number of carboxylic acid groups (broad SMARTS) is 1. The Labute approximate surface area is 153 Å². The zero-order valence-corrected chi connectivity index (χ0v) is 14.5. The summed E-state index contributed by atoms with van der Waals surface area (Å²) in [6.07, 6.45) is 3.59. The molecule has 0 bridgehead atoms. The molecule has 3 fully saturated rings. The summed E-state index contributed by atoms with van der Waals surface area (Å²) in [7, 11) is 0. The minimum Gasteiger partial charge on any atom is -0.477 e. The molecule has 3 N–H and O–H groups in total. The molecule has 2 saturated carbocycles. The number of benzene rings is 1. The maximum absolute atomic E-state index is 15.5. The molecule has 3 atom stereocenters. The summed E-state index contributed by atoms with van der Waals surface area (Å²) in [5, 5.41) is 9.06. The molecule has 5 rings (SSSR count). The molecule has 2 heterocycles. The molecular weight excluding hydrogens is 356 g/mol. The highest BCUT2D eigenvalue weighted by Gasteiger charge is 2.46. The second-order valence-corrected chi connectivity index (χ2v) is 7.96. The van der Waals surface area contributed by atoms with Gasteiger partial charge in [0.25, 0.3) is 0 Å². The van der Waals surface area contributed by atoms with Crippen molar-refractivity contribution in [3.05, 3.63) is 39.7 Å². The van der Waals surface area contributed by atoms with Crippen molar-refractivity contribution in [2.75, 3.05) is 18.0 Å². The summed E-state index contributed by atoms with van der Waals surface area (Å²) in [5.41, 5.74) is 4.52. The van der Waals surface area contributed by atoms with Gasteiger partial charge in [0.15, 0.2) is 5.82 Å². The summed E-state index contributed by atoms with van der Waals surface area (Å²) in [6, 6.07) is 0.984. The van der Waals surface area contributed by atoms with Gasteiger partial charge in [-0.3, -0.25) is 4.79 Å². The number of halogens is 2. The first kappa shape index (κ1) is 16.7. The predicted octanol–water partition coefficient (Wildman–Crippen LogP) is 2.10. The SMILES string of the molecule is N[C@@H]1C[C@@H]2CN(c3c(F)cc4c(=O)c(C(=O)O)cn(C5CC5)c4c3F)C[C@@H]21. The van der Waals surface area contributed by atoms with Gasteiger partial charge in [0.2, 0.25) is 5.43 Å². The van der Waals surface area contributed by atoms with Crippen LogP contribution in [0.1, 0.15) is 35.7 Å². The maximum Gasteiger partial charge on any atom is 0.341 e. The summed E-state index contributed by atoms with van der Waals surface area (Å²) in [5.74, 6) is -2.45. The van der Waals surface area contributed by atoms with E-state index in [1.807, 2.05) is 0 Å². The highest BCUT2D eigenvalue weighted by Crippen LogP contribution is 2.44. The van der Waals surface area contributed by atoms with E-state index in [1.54, 1.807) is 4.90 Å². The lowest BCUT2D eigenvalue weighted by molar-refractivity contribution is 0.0695. The zero-order chi connectivity index (χ0) is 19.0. The van der Waals surface area contributed by atoms with Crippen LogP contribution in [0.15, 0.2) is 17.1 Å². The van der Waals surface area contributed by atoms with Crippen LogP contribution >= 0.6 is 0 Å². The van der Waals surface area contributed by atoms with Gasteiger partial charge >= 0.3 is 5.97 Å². The summed E-state index contributed by atoms with van der Waals surface area (Å²) in [6.45, 7) is 1.03. The van der Waals surface area contributed by atoms with Crippen LogP contribution in [0.2, 0.25) is 0 Å². The van der Waals surface area contributed by atoms with Crippen LogP contribution in [0.5, 0.6) is 0 Å². The Morgan fingerprint density at radius 3 is 2.59 bits per heavy atom. The van der Waals surface area contributed by atoms with E-state index in [2.05, 4.69) is 0 Å². The predicted molar refractivity (Wildman–Crippen MR) is 95.1 cm³/mol. The van der Waals surface area contributed by atoms with E-state index in [0.29, 0.717) is 19.0 Å². The highest BCUT2D eigenvalue weighted by molar-refractivity contribution is 5.94. The van der Waals surface area contributed by atoms with Crippen molar-refractivity contribution >= 4 is 22.6 Å². The Balaban J connectivity index is 1.73. The third kappa shape index (κ3) is 2.32. The Kier molecular flexibility index (Phi) is 3.40. The third-order valence-electron chi connectivity index (χ3n) is 6.29. The van der Waals surface area contributed by atoms with Crippen LogP contribution in [0.3, 0.4) is 0 Å². The van der Waals surface area contributed by atoms with Gasteiger partial charge in [0.1, 0.15) is 17.1 Å². The van der Waals surface area contributed by atoms with Gasteiger partial charge in [-0.25, -0.2) is 13.6 Å². The molecule has 8 heteroatoms. The summed E-state index contributed by atoms with van der Waals surface area (Å²) >= 11 is 0. The van der Waals surface area contributed by atoms with Gasteiger partial charge in [-0.1, -0.05) is 0 Å². The number of anilines is 1. The number of hydrogen-bond acceptors (Lipinski definition) is 4. The minimum atomic E-state index is -1.40. The second-order valence-electron chi connectivity index (χ2n) is 7.96. The molecule has 6 nitrogen and oxygen atoms in total. The molecule has 1 aliphatic heterocycles. The molecule has 2 aromatic rings. The van der Waals surface area contributed by atoms with Crippen LogP contribution in [0, 0.1) is 23.5 Å². The fraction of sp³-hybridized carbons (Fsp3) is 0.474. The van der Waals surface area contributed by atoms with Gasteiger partial charge in [-0.05, 0) is 37.2 Å². The van der Waals surface area contributed by atoms with Gasteiger partial charge < -0.3 is 20.3 Å². The molecule has 0 amide bonds. The van der Waals surface area contributed by atoms with E-state index in [9.17, 15) is 19.1 Å². The molecule has 1 aromatic heterocycles. The Morgan fingerprint density at radius 1 is 1.26 bits per heavy atom. The number of hydrogen-bond donors (Lipinski definition) is 2. The van der Waals surface area contributed by atoms with Crippen LogP contribution in [-0.2, 0) is 0 Å². The Morgan fingerprint density at radius 2 is 2.00 bits per heavy atom. The summed E-state index contributed by atoms with van der Waals surface area (Å²) in [4.78, 5) is 25.6. The minimum absolute atomic E-state index is 0.00699. The number of nitrogens with two attached hydrogens (primary N) is 1. The largest absolute Gasteiger partial charge is 0.477 e. The molecular formula is C19H19F2N3O3. The lowest BCUT2D eigenvalue weighted by atomic mass is 9.72. The monoisotopic (exact) mass is 375 g/mol. The van der Waals surface area contributed by atoms with Crippen molar-refractivity contribution in [1.29, 1.82) is 0 Å². The zero-order valence-electron chi connectivity index (χ0n) is 14.5. The molecule has 3 aliphatic rings. The van der Waals surface area contributed by atoms with Crippen molar-refractivity contribution in [2.24, 2.45) is 17.6 Å². The number of nitrogens with zero attached hydrogens (tertiary/aromatic N) is 2. The number of aromatic nitrogens is 1. The molecule has 0 radical (unpaired) electrons. The first-order valence-electron chi connectivity index (χ1n) is 9.17. The third-order valence-corrected chi connectivity index (χ3v) is 6.29. The van der Waals surface area contributed by atoms with E-state index in [-0.39, 0.29) is 34.6 Å². The van der Waals surface area contributed by atoms with Crippen molar-refractivity contribution in [1.82, 2.24) is 4.57 Å². The molecule has 142 valence electrons. The highest BCUT2D eigenvalue weighted by atomic mass is 19.1. The molecule has 1 saturated heterocycles. The van der Waals surface area contributed by atoms with Crippen molar-refractivity contribution in [2.45, 2.75) is 31.3 Å². The topological polar surface area (TPSA) is 88.6 Å². The van der Waals surface area contributed by atoms with E-state index in [4.69, 9.17) is 5.73 Å². The molecule has 1 aromatic carbocycles. The first-order valence-corrected chi connectivity index (χ1v) is 9.17. The van der Waals surface area contributed by atoms with E-state index in [1.165, 1.54) is 10.8 Å². The number of carbonyl (C=O) groups is 1. The van der Waals surface area contributed by atoms with Gasteiger partial charge in [0.05, 0.1) is 10.9 Å². The maximum atomic E-state index is 15.5. The lowest BCUT2D eigenvalue weighted by Gasteiger charge is -2.36. The van der Waals surface area contributed by atoms with Gasteiger partial charge in [-0.2, -0.15) is 0 Å². The van der Waals surface area contributed by atoms with Crippen LogP contribution < -0.4 is 16.1 Å². The van der Waals surface area contributed by atoms with E-state index in [0.717, 1.165) is 25.3 Å². The van der Waals surface area contributed by atoms with Crippen molar-refractivity contribution < 1.29 is 18.7 Å². The number of fused-ring (bicyclic) bond motifs is 2. The number of carboxylic acids is 1. The van der Waals surface area contributed by atoms with E-state index >= 15 is 4.39 Å². The number of pyridine rings is 1. The number of rotatable bonds is 3.